The average molecular weight is 375 g/mol. The summed E-state index contributed by atoms with van der Waals surface area (Å²) in [4.78, 5) is 27.0. The molecule has 1 aromatic rings. The van der Waals surface area contributed by atoms with Crippen LogP contribution in [-0.4, -0.2) is 50.2 Å². The highest BCUT2D eigenvalue weighted by Crippen LogP contribution is 2.52. The van der Waals surface area contributed by atoms with Crippen LogP contribution in [0.5, 0.6) is 11.5 Å². The van der Waals surface area contributed by atoms with Crippen molar-refractivity contribution < 1.29 is 23.8 Å². The van der Waals surface area contributed by atoms with E-state index in [4.69, 9.17) is 14.2 Å². The van der Waals surface area contributed by atoms with E-state index in [0.29, 0.717) is 17.1 Å². The largest absolute Gasteiger partial charge is 0.493 e. The average Bonchev–Trinajstić information content (AvgIpc) is 2.87. The molecule has 3 rings (SSSR count). The van der Waals surface area contributed by atoms with Gasteiger partial charge < -0.3 is 19.1 Å². The van der Waals surface area contributed by atoms with Gasteiger partial charge in [0.25, 0.3) is 5.91 Å². The Kier molecular flexibility index (Phi) is 5.10. The van der Waals surface area contributed by atoms with E-state index >= 15 is 0 Å². The molecule has 0 aromatic heterocycles. The fourth-order valence-corrected chi connectivity index (χ4v) is 5.01. The molecule has 1 saturated carbocycles. The Bertz CT molecular complexity index is 744. The van der Waals surface area contributed by atoms with E-state index in [1.807, 2.05) is 4.90 Å². The van der Waals surface area contributed by atoms with E-state index in [9.17, 15) is 9.59 Å². The molecule has 0 spiro atoms. The van der Waals surface area contributed by atoms with E-state index in [-0.39, 0.29) is 29.4 Å². The predicted molar refractivity (Wildman–Crippen MR) is 101 cm³/mol. The third kappa shape index (κ3) is 4.04. The van der Waals surface area contributed by atoms with Crippen LogP contribution in [-0.2, 0) is 9.53 Å². The molecule has 1 aliphatic heterocycles. The number of fused-ring (bicyclic) bond motifs is 2. The van der Waals surface area contributed by atoms with Crippen LogP contribution < -0.4 is 9.47 Å². The summed E-state index contributed by atoms with van der Waals surface area (Å²) in [7, 11) is 3.03. The summed E-state index contributed by atoms with van der Waals surface area (Å²) in [5.41, 5.74) is 0.729. The molecule has 0 unspecified atom stereocenters. The molecule has 0 radical (unpaired) electrons. The second-order valence-corrected chi connectivity index (χ2v) is 8.88. The van der Waals surface area contributed by atoms with Crippen LogP contribution in [0.4, 0.5) is 0 Å². The molecule has 1 heterocycles. The quantitative estimate of drug-likeness (QED) is 0.739. The minimum absolute atomic E-state index is 0.116. The van der Waals surface area contributed by atoms with Gasteiger partial charge in [-0.05, 0) is 48.3 Å². The molecule has 0 N–H and O–H groups in total. The number of hydrogen-bond acceptors (Lipinski definition) is 5. The molecular formula is C21H29NO5. The lowest BCUT2D eigenvalue weighted by molar-refractivity contribution is -0.135. The van der Waals surface area contributed by atoms with E-state index in [1.165, 1.54) is 14.2 Å². The molecule has 6 heteroatoms. The smallest absolute Gasteiger partial charge is 0.338 e. The van der Waals surface area contributed by atoms with Crippen LogP contribution in [0.1, 0.15) is 50.4 Å². The molecule has 148 valence electrons. The van der Waals surface area contributed by atoms with Crippen molar-refractivity contribution in [3.05, 3.63) is 23.8 Å². The van der Waals surface area contributed by atoms with Crippen LogP contribution in [0.2, 0.25) is 0 Å². The van der Waals surface area contributed by atoms with E-state index in [2.05, 4.69) is 20.8 Å². The van der Waals surface area contributed by atoms with Crippen LogP contribution in [0, 0.1) is 10.8 Å². The lowest BCUT2D eigenvalue weighted by atomic mass is 9.65. The number of esters is 1. The molecule has 1 aliphatic carbocycles. The summed E-state index contributed by atoms with van der Waals surface area (Å²) >= 11 is 0. The molecule has 27 heavy (non-hydrogen) atoms. The molecule has 1 amide bonds. The number of hydrogen-bond donors (Lipinski definition) is 0. The third-order valence-electron chi connectivity index (χ3n) is 5.68. The Hall–Kier alpha value is -2.24. The highest BCUT2D eigenvalue weighted by Gasteiger charge is 2.50. The monoisotopic (exact) mass is 375 g/mol. The molecule has 2 bridgehead atoms. The van der Waals surface area contributed by atoms with Gasteiger partial charge in [-0.2, -0.15) is 0 Å². The first-order valence-electron chi connectivity index (χ1n) is 9.35. The van der Waals surface area contributed by atoms with E-state index in [1.54, 1.807) is 18.2 Å². The van der Waals surface area contributed by atoms with Crippen molar-refractivity contribution in [2.24, 2.45) is 10.8 Å². The van der Waals surface area contributed by atoms with Gasteiger partial charge in [0.15, 0.2) is 18.1 Å². The number of likely N-dealkylation sites (tertiary alicyclic amines) is 1. The van der Waals surface area contributed by atoms with Crippen LogP contribution in [0.3, 0.4) is 0 Å². The van der Waals surface area contributed by atoms with Gasteiger partial charge in [0.05, 0.1) is 19.8 Å². The maximum atomic E-state index is 12.7. The highest BCUT2D eigenvalue weighted by atomic mass is 16.5. The standard InChI is InChI=1S/C21H29NO5/c1-20(2)9-15-10-21(3,12-20)13-22(15)18(23)11-27-19(24)14-6-7-16(25-4)17(8-14)26-5/h6-8,15H,9-13H2,1-5H3/t15-,21-/m0/s1. The van der Waals surface area contributed by atoms with Gasteiger partial charge >= 0.3 is 5.97 Å². The predicted octanol–water partition coefficient (Wildman–Crippen LogP) is 3.29. The fraction of sp³-hybridized carbons (Fsp3) is 0.619. The number of carbonyl (C=O) groups is 2. The first-order chi connectivity index (χ1) is 12.7. The zero-order valence-electron chi connectivity index (χ0n) is 16.8. The molecule has 2 aliphatic rings. The number of carbonyl (C=O) groups excluding carboxylic acids is 2. The molecule has 1 saturated heterocycles. The van der Waals surface area contributed by atoms with Crippen molar-refractivity contribution in [3.8, 4) is 11.5 Å². The number of nitrogens with zero attached hydrogens (tertiary/aromatic N) is 1. The first kappa shape index (κ1) is 19.5. The molecule has 2 fully saturated rings. The van der Waals surface area contributed by atoms with Gasteiger partial charge in [0.2, 0.25) is 0 Å². The Labute approximate surface area is 160 Å². The summed E-state index contributed by atoms with van der Waals surface area (Å²) in [6.45, 7) is 7.29. The Morgan fingerprint density at radius 1 is 1.11 bits per heavy atom. The summed E-state index contributed by atoms with van der Waals surface area (Å²) in [5, 5.41) is 0. The topological polar surface area (TPSA) is 65.1 Å². The Morgan fingerprint density at radius 2 is 1.81 bits per heavy atom. The van der Waals surface area contributed by atoms with Crippen LogP contribution in [0.25, 0.3) is 0 Å². The van der Waals surface area contributed by atoms with Gasteiger partial charge in [0.1, 0.15) is 0 Å². The van der Waals surface area contributed by atoms with Crippen molar-refractivity contribution in [2.45, 2.75) is 46.1 Å². The number of amides is 1. The van der Waals surface area contributed by atoms with E-state index < -0.39 is 5.97 Å². The lowest BCUT2D eigenvalue weighted by Gasteiger charge is -2.39. The number of methoxy groups -OCH3 is 2. The van der Waals surface area contributed by atoms with Gasteiger partial charge in [0, 0.05) is 12.6 Å². The third-order valence-corrected chi connectivity index (χ3v) is 5.68. The van der Waals surface area contributed by atoms with Crippen molar-refractivity contribution in [3.63, 3.8) is 0 Å². The van der Waals surface area contributed by atoms with Crippen molar-refractivity contribution in [2.75, 3.05) is 27.4 Å². The summed E-state index contributed by atoms with van der Waals surface area (Å²) < 4.78 is 15.7. The summed E-state index contributed by atoms with van der Waals surface area (Å²) in [6, 6.07) is 5.04. The van der Waals surface area contributed by atoms with Crippen molar-refractivity contribution in [1.82, 2.24) is 4.90 Å². The fourth-order valence-electron chi connectivity index (χ4n) is 5.01. The molecule has 1 aromatic carbocycles. The van der Waals surface area contributed by atoms with Crippen LogP contribution in [0.15, 0.2) is 18.2 Å². The zero-order valence-corrected chi connectivity index (χ0v) is 16.8. The Morgan fingerprint density at radius 3 is 2.48 bits per heavy atom. The van der Waals surface area contributed by atoms with E-state index in [0.717, 1.165) is 25.8 Å². The molecular weight excluding hydrogens is 346 g/mol. The van der Waals surface area contributed by atoms with Crippen molar-refractivity contribution >= 4 is 11.9 Å². The SMILES string of the molecule is COc1ccc(C(=O)OCC(=O)N2C[C@@]3(C)C[C@@H]2CC(C)(C)C3)cc1OC. The normalized spacial score (nSPS) is 25.8. The minimum Gasteiger partial charge on any atom is -0.493 e. The van der Waals surface area contributed by atoms with Gasteiger partial charge in [-0.1, -0.05) is 20.8 Å². The molecule has 6 nitrogen and oxygen atoms in total. The van der Waals surface area contributed by atoms with Crippen molar-refractivity contribution in [1.29, 1.82) is 0 Å². The first-order valence-corrected chi connectivity index (χ1v) is 9.35. The minimum atomic E-state index is -0.544. The van der Waals surface area contributed by atoms with Gasteiger partial charge in [-0.3, -0.25) is 4.79 Å². The summed E-state index contributed by atoms with van der Waals surface area (Å²) in [5.74, 6) is 0.320. The summed E-state index contributed by atoms with van der Waals surface area (Å²) in [6.07, 6.45) is 3.15. The number of benzene rings is 1. The number of rotatable bonds is 5. The maximum absolute atomic E-state index is 12.7. The van der Waals surface area contributed by atoms with Gasteiger partial charge in [-0.25, -0.2) is 4.79 Å². The number of ether oxygens (including phenoxy) is 3. The second kappa shape index (κ2) is 7.06. The Balaban J connectivity index is 1.62. The van der Waals surface area contributed by atoms with Crippen LogP contribution >= 0.6 is 0 Å². The maximum Gasteiger partial charge on any atom is 0.338 e. The zero-order chi connectivity index (χ0) is 19.8. The highest BCUT2D eigenvalue weighted by molar-refractivity contribution is 5.92. The second-order valence-electron chi connectivity index (χ2n) is 8.88. The lowest BCUT2D eigenvalue weighted by Crippen LogP contribution is -2.39. The molecule has 2 atom stereocenters. The van der Waals surface area contributed by atoms with Gasteiger partial charge in [-0.15, -0.1) is 0 Å².